The molecule has 8 heteroatoms. The standard InChI is InChI=1S/C17H14F3NO3S/c1-24-16(23)11-5-7-13(8-6-11)21-15(22)10-25-14-4-2-3-12(9-14)17(18,19)20/h2-9H,10H2,1H3,(H,21,22). The maximum absolute atomic E-state index is 12.6. The van der Waals surface area contributed by atoms with Gasteiger partial charge in [0.15, 0.2) is 0 Å². The molecule has 0 bridgehead atoms. The van der Waals surface area contributed by atoms with Crippen LogP contribution in [-0.4, -0.2) is 24.7 Å². The number of alkyl halides is 3. The highest BCUT2D eigenvalue weighted by Crippen LogP contribution is 2.31. The van der Waals surface area contributed by atoms with E-state index in [0.29, 0.717) is 16.1 Å². The van der Waals surface area contributed by atoms with Gasteiger partial charge in [-0.1, -0.05) is 6.07 Å². The summed E-state index contributed by atoms with van der Waals surface area (Å²) < 4.78 is 42.5. The molecule has 0 unspecified atom stereocenters. The number of anilines is 1. The quantitative estimate of drug-likeness (QED) is 0.633. The van der Waals surface area contributed by atoms with Gasteiger partial charge < -0.3 is 10.1 Å². The third-order valence-electron chi connectivity index (χ3n) is 3.12. The van der Waals surface area contributed by atoms with E-state index in [0.717, 1.165) is 23.9 Å². The summed E-state index contributed by atoms with van der Waals surface area (Å²) in [5.41, 5.74) is 0.0671. The van der Waals surface area contributed by atoms with Gasteiger partial charge in [0.1, 0.15) is 0 Å². The summed E-state index contributed by atoms with van der Waals surface area (Å²) in [6, 6.07) is 10.9. The number of esters is 1. The largest absolute Gasteiger partial charge is 0.465 e. The van der Waals surface area contributed by atoms with Crippen LogP contribution >= 0.6 is 11.8 Å². The summed E-state index contributed by atoms with van der Waals surface area (Å²) in [6.07, 6.45) is -4.42. The number of halogens is 3. The molecular formula is C17H14F3NO3S. The summed E-state index contributed by atoms with van der Waals surface area (Å²) in [4.78, 5) is 23.6. The molecule has 0 aliphatic carbocycles. The molecule has 1 N–H and O–H groups in total. The molecular weight excluding hydrogens is 355 g/mol. The summed E-state index contributed by atoms with van der Waals surface area (Å²) in [6.45, 7) is 0. The minimum atomic E-state index is -4.42. The van der Waals surface area contributed by atoms with Gasteiger partial charge in [0.25, 0.3) is 0 Å². The molecule has 25 heavy (non-hydrogen) atoms. The number of hydrogen-bond donors (Lipinski definition) is 1. The lowest BCUT2D eigenvalue weighted by Gasteiger charge is -2.09. The van der Waals surface area contributed by atoms with Crippen molar-refractivity contribution in [2.75, 3.05) is 18.2 Å². The van der Waals surface area contributed by atoms with Crippen LogP contribution in [0.4, 0.5) is 18.9 Å². The first-order valence-electron chi connectivity index (χ1n) is 7.08. The number of benzene rings is 2. The van der Waals surface area contributed by atoms with Crippen LogP contribution < -0.4 is 5.32 Å². The first-order valence-corrected chi connectivity index (χ1v) is 8.06. The first-order chi connectivity index (χ1) is 11.8. The second-order valence-corrected chi connectivity index (χ2v) is 5.98. The van der Waals surface area contributed by atoms with Gasteiger partial charge >= 0.3 is 12.1 Å². The van der Waals surface area contributed by atoms with Crippen LogP contribution in [0.15, 0.2) is 53.4 Å². The lowest BCUT2D eigenvalue weighted by atomic mass is 10.2. The van der Waals surface area contributed by atoms with Crippen molar-refractivity contribution >= 4 is 29.3 Å². The number of hydrogen-bond acceptors (Lipinski definition) is 4. The number of ether oxygens (including phenoxy) is 1. The molecule has 0 atom stereocenters. The lowest BCUT2D eigenvalue weighted by molar-refractivity contribution is -0.137. The summed E-state index contributed by atoms with van der Waals surface area (Å²) in [5.74, 6) is -0.897. The number of thioether (sulfide) groups is 1. The second-order valence-electron chi connectivity index (χ2n) is 4.93. The Morgan fingerprint density at radius 1 is 1.12 bits per heavy atom. The van der Waals surface area contributed by atoms with E-state index in [9.17, 15) is 22.8 Å². The predicted molar refractivity (Wildman–Crippen MR) is 88.6 cm³/mol. The van der Waals surface area contributed by atoms with E-state index < -0.39 is 17.7 Å². The van der Waals surface area contributed by atoms with Crippen molar-refractivity contribution in [1.82, 2.24) is 0 Å². The molecule has 0 radical (unpaired) electrons. The number of nitrogens with one attached hydrogen (secondary N) is 1. The highest BCUT2D eigenvalue weighted by molar-refractivity contribution is 8.00. The Labute approximate surface area is 146 Å². The lowest BCUT2D eigenvalue weighted by Crippen LogP contribution is -2.14. The molecule has 0 aliphatic rings. The van der Waals surface area contributed by atoms with Gasteiger partial charge in [-0.15, -0.1) is 11.8 Å². The molecule has 0 saturated carbocycles. The Balaban J connectivity index is 1.92. The van der Waals surface area contributed by atoms with E-state index in [1.165, 1.54) is 31.4 Å². The van der Waals surface area contributed by atoms with E-state index in [1.807, 2.05) is 0 Å². The van der Waals surface area contributed by atoms with Gasteiger partial charge in [-0.25, -0.2) is 4.79 Å². The highest BCUT2D eigenvalue weighted by Gasteiger charge is 2.30. The zero-order chi connectivity index (χ0) is 18.4. The second kappa shape index (κ2) is 8.06. The van der Waals surface area contributed by atoms with Crippen molar-refractivity contribution in [3.8, 4) is 0 Å². The highest BCUT2D eigenvalue weighted by atomic mass is 32.2. The van der Waals surface area contributed by atoms with Crippen LogP contribution in [0.1, 0.15) is 15.9 Å². The van der Waals surface area contributed by atoms with Crippen LogP contribution in [0.2, 0.25) is 0 Å². The van der Waals surface area contributed by atoms with Crippen LogP contribution in [-0.2, 0) is 15.7 Å². The van der Waals surface area contributed by atoms with Crippen molar-refractivity contribution in [3.63, 3.8) is 0 Å². The molecule has 0 fully saturated rings. The van der Waals surface area contributed by atoms with E-state index in [-0.39, 0.29) is 11.7 Å². The molecule has 0 saturated heterocycles. The van der Waals surface area contributed by atoms with Crippen LogP contribution in [0, 0.1) is 0 Å². The molecule has 2 aromatic carbocycles. The molecule has 2 aromatic rings. The Morgan fingerprint density at radius 3 is 2.40 bits per heavy atom. The summed E-state index contributed by atoms with van der Waals surface area (Å²) >= 11 is 1.00. The molecule has 0 spiro atoms. The third-order valence-corrected chi connectivity index (χ3v) is 4.11. The minimum Gasteiger partial charge on any atom is -0.465 e. The zero-order valence-corrected chi connectivity index (χ0v) is 13.9. The Kier molecular flexibility index (Phi) is 6.08. The fourth-order valence-electron chi connectivity index (χ4n) is 1.92. The topological polar surface area (TPSA) is 55.4 Å². The number of methoxy groups -OCH3 is 1. The predicted octanol–water partition coefficient (Wildman–Crippen LogP) is 4.22. The van der Waals surface area contributed by atoms with E-state index in [2.05, 4.69) is 10.1 Å². The van der Waals surface area contributed by atoms with Crippen molar-refractivity contribution in [1.29, 1.82) is 0 Å². The van der Waals surface area contributed by atoms with E-state index in [4.69, 9.17) is 0 Å². The molecule has 0 heterocycles. The summed E-state index contributed by atoms with van der Waals surface area (Å²) in [5, 5.41) is 2.61. The van der Waals surface area contributed by atoms with Gasteiger partial charge in [-0.05, 0) is 42.5 Å². The number of carbonyl (C=O) groups excluding carboxylic acids is 2. The maximum Gasteiger partial charge on any atom is 0.416 e. The molecule has 132 valence electrons. The third kappa shape index (κ3) is 5.53. The number of amides is 1. The van der Waals surface area contributed by atoms with E-state index in [1.54, 1.807) is 12.1 Å². The Morgan fingerprint density at radius 2 is 1.80 bits per heavy atom. The van der Waals surface area contributed by atoms with Crippen molar-refractivity contribution < 1.29 is 27.5 Å². The zero-order valence-electron chi connectivity index (χ0n) is 13.1. The molecule has 2 rings (SSSR count). The number of rotatable bonds is 5. The molecule has 0 aliphatic heterocycles. The van der Waals surface area contributed by atoms with Crippen LogP contribution in [0.3, 0.4) is 0 Å². The molecule has 1 amide bonds. The SMILES string of the molecule is COC(=O)c1ccc(NC(=O)CSc2cccc(C(F)(F)F)c2)cc1. The van der Waals surface area contributed by atoms with Gasteiger partial charge in [-0.3, -0.25) is 4.79 Å². The van der Waals surface area contributed by atoms with Crippen molar-refractivity contribution in [2.24, 2.45) is 0 Å². The maximum atomic E-state index is 12.6. The number of carbonyl (C=O) groups is 2. The average molecular weight is 369 g/mol. The minimum absolute atomic E-state index is 0.0416. The Bertz CT molecular complexity index is 760. The first kappa shape index (κ1) is 18.9. The molecule has 4 nitrogen and oxygen atoms in total. The van der Waals surface area contributed by atoms with Crippen molar-refractivity contribution in [3.05, 3.63) is 59.7 Å². The average Bonchev–Trinajstić information content (AvgIpc) is 2.59. The van der Waals surface area contributed by atoms with Crippen LogP contribution in [0.25, 0.3) is 0 Å². The fourth-order valence-corrected chi connectivity index (χ4v) is 2.67. The van der Waals surface area contributed by atoms with Gasteiger partial charge in [0, 0.05) is 10.6 Å². The molecule has 0 aromatic heterocycles. The van der Waals surface area contributed by atoms with Crippen molar-refractivity contribution in [2.45, 2.75) is 11.1 Å². The Hall–Kier alpha value is -2.48. The normalized spacial score (nSPS) is 11.0. The van der Waals surface area contributed by atoms with Gasteiger partial charge in [0.2, 0.25) is 5.91 Å². The van der Waals surface area contributed by atoms with Gasteiger partial charge in [-0.2, -0.15) is 13.2 Å². The van der Waals surface area contributed by atoms with Gasteiger partial charge in [0.05, 0.1) is 24.0 Å². The van der Waals surface area contributed by atoms with Crippen LogP contribution in [0.5, 0.6) is 0 Å². The monoisotopic (exact) mass is 369 g/mol. The smallest absolute Gasteiger partial charge is 0.416 e. The van der Waals surface area contributed by atoms with E-state index >= 15 is 0 Å². The fraction of sp³-hybridized carbons (Fsp3) is 0.176. The summed E-state index contributed by atoms with van der Waals surface area (Å²) in [7, 11) is 1.27.